The molecule has 2 aliphatic rings. The van der Waals surface area contributed by atoms with Crippen LogP contribution in [0.1, 0.15) is 34.3 Å². The van der Waals surface area contributed by atoms with Gasteiger partial charge in [0.05, 0.1) is 5.57 Å². The topological polar surface area (TPSA) is 61.4 Å². The van der Waals surface area contributed by atoms with E-state index in [4.69, 9.17) is 0 Å². The maximum absolute atomic E-state index is 12.3. The van der Waals surface area contributed by atoms with Crippen LogP contribution in [0.25, 0.3) is 5.57 Å². The molecule has 0 radical (unpaired) electrons. The van der Waals surface area contributed by atoms with Crippen molar-refractivity contribution >= 4 is 23.1 Å². The van der Waals surface area contributed by atoms with E-state index in [-0.39, 0.29) is 11.8 Å². The molecule has 2 aliphatic heterocycles. The van der Waals surface area contributed by atoms with Crippen molar-refractivity contribution in [2.75, 3.05) is 25.0 Å². The monoisotopic (exact) mass is 361 g/mol. The van der Waals surface area contributed by atoms with E-state index in [0.717, 1.165) is 18.7 Å². The molecule has 4 rings (SSSR count). The van der Waals surface area contributed by atoms with Crippen molar-refractivity contribution in [1.29, 1.82) is 0 Å². The van der Waals surface area contributed by atoms with Crippen molar-refractivity contribution in [3.8, 4) is 0 Å². The number of fused-ring (bicyclic) bond motifs is 1. The summed E-state index contributed by atoms with van der Waals surface area (Å²) in [5.41, 5.74) is 3.85. The predicted octanol–water partition coefficient (Wildman–Crippen LogP) is 3.05. The van der Waals surface area contributed by atoms with E-state index in [2.05, 4.69) is 27.7 Å². The second kappa shape index (κ2) is 7.76. The van der Waals surface area contributed by atoms with E-state index >= 15 is 0 Å². The summed E-state index contributed by atoms with van der Waals surface area (Å²) in [4.78, 5) is 26.7. The van der Waals surface area contributed by atoms with Crippen molar-refractivity contribution < 1.29 is 9.59 Å². The lowest BCUT2D eigenvalue weighted by molar-refractivity contribution is -0.114. The van der Waals surface area contributed by atoms with E-state index in [9.17, 15) is 9.59 Å². The minimum atomic E-state index is -0.378. The molecule has 1 fully saturated rings. The fourth-order valence-corrected chi connectivity index (χ4v) is 3.68. The number of imide groups is 1. The molecule has 2 N–H and O–H groups in total. The first-order valence-electron chi connectivity index (χ1n) is 9.44. The first-order chi connectivity index (χ1) is 13.2. The molecule has 2 aromatic rings. The van der Waals surface area contributed by atoms with Crippen molar-refractivity contribution in [2.24, 2.45) is 0 Å². The van der Waals surface area contributed by atoms with Gasteiger partial charge in [-0.2, -0.15) is 0 Å². The van der Waals surface area contributed by atoms with E-state index < -0.39 is 0 Å². The second-order valence-corrected chi connectivity index (χ2v) is 7.03. The predicted molar refractivity (Wildman–Crippen MR) is 106 cm³/mol. The zero-order valence-corrected chi connectivity index (χ0v) is 15.2. The van der Waals surface area contributed by atoms with Crippen LogP contribution in [0.15, 0.2) is 54.7 Å². The minimum absolute atomic E-state index is 0.350. The van der Waals surface area contributed by atoms with Gasteiger partial charge in [0.1, 0.15) is 0 Å². The Morgan fingerprint density at radius 3 is 2.56 bits per heavy atom. The molecule has 1 saturated heterocycles. The number of carbonyl (C=O) groups excluding carboxylic acids is 2. The first-order valence-corrected chi connectivity index (χ1v) is 9.44. The molecule has 0 saturated carbocycles. The minimum Gasteiger partial charge on any atom is -0.361 e. The van der Waals surface area contributed by atoms with Gasteiger partial charge in [-0.3, -0.25) is 14.9 Å². The Labute approximate surface area is 159 Å². The summed E-state index contributed by atoms with van der Waals surface area (Å²) in [5, 5.41) is 5.61. The zero-order chi connectivity index (χ0) is 18.6. The Balaban J connectivity index is 1.49. The molecular formula is C22H23N3O2. The molecule has 2 aromatic carbocycles. The third-order valence-electron chi connectivity index (χ3n) is 5.16. The van der Waals surface area contributed by atoms with Crippen molar-refractivity contribution in [3.05, 3.63) is 71.4 Å². The fourth-order valence-electron chi connectivity index (χ4n) is 3.68. The number of carbonyl (C=O) groups is 2. The van der Waals surface area contributed by atoms with Crippen molar-refractivity contribution in [2.45, 2.75) is 19.3 Å². The molecule has 27 heavy (non-hydrogen) atoms. The molecule has 0 aliphatic carbocycles. The summed E-state index contributed by atoms with van der Waals surface area (Å²) in [6, 6.07) is 15.4. The summed E-state index contributed by atoms with van der Waals surface area (Å²) < 4.78 is 0. The van der Waals surface area contributed by atoms with Crippen LogP contribution >= 0.6 is 0 Å². The van der Waals surface area contributed by atoms with E-state index in [1.807, 2.05) is 18.2 Å². The molecule has 0 unspecified atom stereocenters. The molecule has 0 aromatic heterocycles. The molecule has 2 amide bonds. The highest BCUT2D eigenvalue weighted by molar-refractivity contribution is 6.31. The SMILES string of the molecule is O=C1NC(=O)c2ccccc2/C1=C/Nc1cccc(CCN2CCCC2)c1. The zero-order valence-electron chi connectivity index (χ0n) is 15.2. The lowest BCUT2D eigenvalue weighted by Crippen LogP contribution is -2.36. The fraction of sp³-hybridized carbons (Fsp3) is 0.273. The van der Waals surface area contributed by atoms with Crippen LogP contribution in [0.4, 0.5) is 5.69 Å². The summed E-state index contributed by atoms with van der Waals surface area (Å²) >= 11 is 0. The Morgan fingerprint density at radius 2 is 1.74 bits per heavy atom. The van der Waals surface area contributed by atoms with Crippen LogP contribution in [-0.2, 0) is 11.2 Å². The number of anilines is 1. The lowest BCUT2D eigenvalue weighted by atomic mass is 9.95. The standard InChI is InChI=1S/C22H23N3O2/c26-21-19-9-2-1-8-18(19)20(22(27)24-21)15-23-17-7-5-6-16(14-17)10-13-25-11-3-4-12-25/h1-2,5-9,14-15,23H,3-4,10-13H2,(H,24,26,27)/b20-15-. The molecular weight excluding hydrogens is 338 g/mol. The van der Waals surface area contributed by atoms with Crippen LogP contribution in [0.5, 0.6) is 0 Å². The molecule has 5 nitrogen and oxygen atoms in total. The number of nitrogens with one attached hydrogen (secondary N) is 2. The van der Waals surface area contributed by atoms with Crippen LogP contribution < -0.4 is 10.6 Å². The number of hydrogen-bond acceptors (Lipinski definition) is 4. The normalized spacial score (nSPS) is 18.4. The van der Waals surface area contributed by atoms with Gasteiger partial charge in [0.15, 0.2) is 0 Å². The number of nitrogens with zero attached hydrogens (tertiary/aromatic N) is 1. The van der Waals surface area contributed by atoms with Crippen LogP contribution in [0.2, 0.25) is 0 Å². The molecule has 0 spiro atoms. The second-order valence-electron chi connectivity index (χ2n) is 7.03. The average molecular weight is 361 g/mol. The van der Waals surface area contributed by atoms with Gasteiger partial charge in [0.25, 0.3) is 11.8 Å². The van der Waals surface area contributed by atoms with Gasteiger partial charge in [-0.25, -0.2) is 0 Å². The molecule has 0 bridgehead atoms. The number of rotatable bonds is 5. The Morgan fingerprint density at radius 1 is 0.963 bits per heavy atom. The van der Waals surface area contributed by atoms with Crippen molar-refractivity contribution in [1.82, 2.24) is 10.2 Å². The summed E-state index contributed by atoms with van der Waals surface area (Å²) in [6.07, 6.45) is 5.31. The molecule has 2 heterocycles. The molecule has 138 valence electrons. The van der Waals surface area contributed by atoms with Gasteiger partial charge in [-0.05, 0) is 56.1 Å². The summed E-state index contributed by atoms with van der Waals surface area (Å²) in [6.45, 7) is 3.50. The highest BCUT2D eigenvalue weighted by Crippen LogP contribution is 2.24. The summed E-state index contributed by atoms with van der Waals surface area (Å²) in [5.74, 6) is -0.729. The maximum Gasteiger partial charge on any atom is 0.260 e. The largest absolute Gasteiger partial charge is 0.361 e. The highest BCUT2D eigenvalue weighted by Gasteiger charge is 2.26. The smallest absolute Gasteiger partial charge is 0.260 e. The Bertz CT molecular complexity index is 898. The number of hydrogen-bond donors (Lipinski definition) is 2. The lowest BCUT2D eigenvalue weighted by Gasteiger charge is -2.18. The van der Waals surface area contributed by atoms with Gasteiger partial charge < -0.3 is 10.2 Å². The third kappa shape index (κ3) is 3.93. The number of benzene rings is 2. The third-order valence-corrected chi connectivity index (χ3v) is 5.16. The quantitative estimate of drug-likeness (QED) is 0.635. The van der Waals surface area contributed by atoms with Crippen LogP contribution in [-0.4, -0.2) is 36.3 Å². The van der Waals surface area contributed by atoms with E-state index in [0.29, 0.717) is 16.7 Å². The van der Waals surface area contributed by atoms with Gasteiger partial charge >= 0.3 is 0 Å². The first kappa shape index (κ1) is 17.5. The number of amides is 2. The number of likely N-dealkylation sites (tertiary alicyclic amines) is 1. The van der Waals surface area contributed by atoms with Gasteiger partial charge in [-0.15, -0.1) is 0 Å². The van der Waals surface area contributed by atoms with E-state index in [1.165, 1.54) is 31.5 Å². The average Bonchev–Trinajstić information content (AvgIpc) is 3.20. The Kier molecular flexibility index (Phi) is 5.03. The van der Waals surface area contributed by atoms with Crippen LogP contribution in [0, 0.1) is 0 Å². The van der Waals surface area contributed by atoms with Crippen LogP contribution in [0.3, 0.4) is 0 Å². The van der Waals surface area contributed by atoms with E-state index in [1.54, 1.807) is 24.4 Å². The molecule has 5 heteroatoms. The van der Waals surface area contributed by atoms with Gasteiger partial charge in [0.2, 0.25) is 0 Å². The van der Waals surface area contributed by atoms with Crippen molar-refractivity contribution in [3.63, 3.8) is 0 Å². The van der Waals surface area contributed by atoms with Gasteiger partial charge in [-0.1, -0.05) is 30.3 Å². The van der Waals surface area contributed by atoms with Gasteiger partial charge in [0, 0.05) is 29.6 Å². The highest BCUT2D eigenvalue weighted by atomic mass is 16.2. The molecule has 0 atom stereocenters. The Hall–Kier alpha value is -2.92. The summed E-state index contributed by atoms with van der Waals surface area (Å²) in [7, 11) is 0. The maximum atomic E-state index is 12.3.